The van der Waals surface area contributed by atoms with Gasteiger partial charge < -0.3 is 0 Å². The third-order valence-corrected chi connectivity index (χ3v) is 3.17. The molecule has 1 rings (SSSR count). The van der Waals surface area contributed by atoms with E-state index in [0.29, 0.717) is 6.42 Å². The standard InChI is InChI=1S/C12H16BrF/c1-12(2,7-8-14)9-10-5-3-4-6-11(10)13/h3-6H,7-9H2,1-2H3. The first-order chi connectivity index (χ1) is 6.55. The molecule has 1 aromatic carbocycles. The molecule has 0 bridgehead atoms. The van der Waals surface area contributed by atoms with Gasteiger partial charge in [0.15, 0.2) is 0 Å². The van der Waals surface area contributed by atoms with Crippen LogP contribution in [-0.2, 0) is 6.42 Å². The normalized spacial score (nSPS) is 11.7. The van der Waals surface area contributed by atoms with Crippen molar-refractivity contribution in [3.05, 3.63) is 34.3 Å². The summed E-state index contributed by atoms with van der Waals surface area (Å²) in [5.74, 6) is 0. The zero-order valence-electron chi connectivity index (χ0n) is 8.69. The van der Waals surface area contributed by atoms with Crippen molar-refractivity contribution in [2.75, 3.05) is 6.67 Å². The molecule has 0 aromatic heterocycles. The molecule has 0 N–H and O–H groups in total. The van der Waals surface area contributed by atoms with Crippen LogP contribution in [0.5, 0.6) is 0 Å². The lowest BCUT2D eigenvalue weighted by Gasteiger charge is -2.23. The van der Waals surface area contributed by atoms with Gasteiger partial charge in [0.2, 0.25) is 0 Å². The lowest BCUT2D eigenvalue weighted by molar-refractivity contribution is 0.286. The summed E-state index contributed by atoms with van der Waals surface area (Å²) in [6.45, 7) is 3.97. The molecule has 0 heterocycles. The summed E-state index contributed by atoms with van der Waals surface area (Å²) in [7, 11) is 0. The molecule has 0 saturated carbocycles. The highest BCUT2D eigenvalue weighted by atomic mass is 79.9. The van der Waals surface area contributed by atoms with Gasteiger partial charge >= 0.3 is 0 Å². The second-order valence-electron chi connectivity index (χ2n) is 4.37. The van der Waals surface area contributed by atoms with Gasteiger partial charge in [-0.1, -0.05) is 48.0 Å². The molecule has 0 unspecified atom stereocenters. The Balaban J connectivity index is 2.73. The quantitative estimate of drug-likeness (QED) is 0.752. The fourth-order valence-corrected chi connectivity index (χ4v) is 1.93. The van der Waals surface area contributed by atoms with Gasteiger partial charge in [0.05, 0.1) is 6.67 Å². The zero-order chi connectivity index (χ0) is 10.6. The molecule has 0 aliphatic carbocycles. The van der Waals surface area contributed by atoms with Crippen LogP contribution in [0.25, 0.3) is 0 Å². The van der Waals surface area contributed by atoms with E-state index >= 15 is 0 Å². The predicted molar refractivity (Wildman–Crippen MR) is 62.2 cm³/mol. The van der Waals surface area contributed by atoms with Crippen LogP contribution in [-0.4, -0.2) is 6.67 Å². The highest BCUT2D eigenvalue weighted by Gasteiger charge is 2.18. The number of halogens is 2. The van der Waals surface area contributed by atoms with Gasteiger partial charge in [0.25, 0.3) is 0 Å². The molecule has 2 heteroatoms. The molecule has 0 nitrogen and oxygen atoms in total. The van der Waals surface area contributed by atoms with E-state index in [9.17, 15) is 4.39 Å². The molecule has 0 aliphatic rings. The van der Waals surface area contributed by atoms with E-state index in [1.54, 1.807) is 0 Å². The zero-order valence-corrected chi connectivity index (χ0v) is 10.3. The van der Waals surface area contributed by atoms with Crippen LogP contribution in [0.4, 0.5) is 4.39 Å². The van der Waals surface area contributed by atoms with Crippen molar-refractivity contribution in [2.45, 2.75) is 26.7 Å². The van der Waals surface area contributed by atoms with Gasteiger partial charge in [0, 0.05) is 4.47 Å². The molecular formula is C12H16BrF. The van der Waals surface area contributed by atoms with E-state index in [1.807, 2.05) is 18.2 Å². The maximum atomic E-state index is 12.3. The molecule has 0 aliphatic heterocycles. The van der Waals surface area contributed by atoms with Crippen LogP contribution in [0.2, 0.25) is 0 Å². The summed E-state index contributed by atoms with van der Waals surface area (Å²) >= 11 is 3.51. The molecule has 1 aromatic rings. The lowest BCUT2D eigenvalue weighted by Crippen LogP contribution is -2.16. The topological polar surface area (TPSA) is 0 Å². The lowest BCUT2D eigenvalue weighted by atomic mass is 9.83. The molecular weight excluding hydrogens is 243 g/mol. The van der Waals surface area contributed by atoms with Crippen LogP contribution in [0.3, 0.4) is 0 Å². The summed E-state index contributed by atoms with van der Waals surface area (Å²) in [6.07, 6.45) is 1.53. The van der Waals surface area contributed by atoms with E-state index in [1.165, 1.54) is 5.56 Å². The van der Waals surface area contributed by atoms with Gasteiger partial charge in [-0.3, -0.25) is 4.39 Å². The Labute approximate surface area is 93.7 Å². The van der Waals surface area contributed by atoms with Crippen molar-refractivity contribution in [1.29, 1.82) is 0 Å². The second kappa shape index (κ2) is 4.92. The molecule has 0 radical (unpaired) electrons. The summed E-state index contributed by atoms with van der Waals surface area (Å²) < 4.78 is 13.4. The number of hydrogen-bond acceptors (Lipinski definition) is 0. The number of benzene rings is 1. The van der Waals surface area contributed by atoms with E-state index in [-0.39, 0.29) is 12.1 Å². The average molecular weight is 259 g/mol. The average Bonchev–Trinajstić information content (AvgIpc) is 2.08. The molecule has 0 spiro atoms. The fraction of sp³-hybridized carbons (Fsp3) is 0.500. The second-order valence-corrected chi connectivity index (χ2v) is 5.23. The van der Waals surface area contributed by atoms with Gasteiger partial charge in [0.1, 0.15) is 0 Å². The Kier molecular flexibility index (Phi) is 4.11. The van der Waals surface area contributed by atoms with E-state index in [2.05, 4.69) is 35.8 Å². The minimum absolute atomic E-state index is 0.0403. The van der Waals surface area contributed by atoms with Crippen molar-refractivity contribution in [3.63, 3.8) is 0 Å². The maximum absolute atomic E-state index is 12.3. The molecule has 0 atom stereocenters. The summed E-state index contributed by atoms with van der Waals surface area (Å²) in [5.41, 5.74) is 1.30. The monoisotopic (exact) mass is 258 g/mol. The molecule has 78 valence electrons. The highest BCUT2D eigenvalue weighted by molar-refractivity contribution is 9.10. The van der Waals surface area contributed by atoms with Crippen LogP contribution in [0, 0.1) is 5.41 Å². The molecule has 0 saturated heterocycles. The first kappa shape index (κ1) is 11.7. The SMILES string of the molecule is CC(C)(CCF)Cc1ccccc1Br. The number of alkyl halides is 1. The summed E-state index contributed by atoms with van der Waals surface area (Å²) in [6, 6.07) is 8.13. The minimum atomic E-state index is -0.239. The van der Waals surface area contributed by atoms with Crippen molar-refractivity contribution >= 4 is 15.9 Å². The van der Waals surface area contributed by atoms with Crippen molar-refractivity contribution in [3.8, 4) is 0 Å². The molecule has 0 amide bonds. The number of hydrogen-bond donors (Lipinski definition) is 0. The van der Waals surface area contributed by atoms with Crippen LogP contribution in [0.15, 0.2) is 28.7 Å². The predicted octanol–water partition coefficient (Wildman–Crippen LogP) is 4.38. The van der Waals surface area contributed by atoms with Crippen molar-refractivity contribution in [2.24, 2.45) is 5.41 Å². The first-order valence-corrected chi connectivity index (χ1v) is 5.64. The van der Waals surface area contributed by atoms with Gasteiger partial charge in [-0.2, -0.15) is 0 Å². The summed E-state index contributed by atoms with van der Waals surface area (Å²) in [5, 5.41) is 0. The fourth-order valence-electron chi connectivity index (χ4n) is 1.50. The van der Waals surface area contributed by atoms with Crippen LogP contribution >= 0.6 is 15.9 Å². The Hall–Kier alpha value is -0.370. The third-order valence-electron chi connectivity index (χ3n) is 2.40. The Morgan fingerprint density at radius 3 is 2.50 bits per heavy atom. The minimum Gasteiger partial charge on any atom is -0.251 e. The Morgan fingerprint density at radius 1 is 1.29 bits per heavy atom. The van der Waals surface area contributed by atoms with Crippen molar-refractivity contribution < 1.29 is 4.39 Å². The maximum Gasteiger partial charge on any atom is 0.0899 e. The van der Waals surface area contributed by atoms with Crippen LogP contribution in [0.1, 0.15) is 25.8 Å². The van der Waals surface area contributed by atoms with Gasteiger partial charge in [-0.15, -0.1) is 0 Å². The first-order valence-electron chi connectivity index (χ1n) is 4.84. The molecule has 0 fully saturated rings. The Morgan fingerprint density at radius 2 is 1.93 bits per heavy atom. The van der Waals surface area contributed by atoms with Crippen molar-refractivity contribution in [1.82, 2.24) is 0 Å². The Bertz CT molecular complexity index is 294. The van der Waals surface area contributed by atoms with E-state index in [0.717, 1.165) is 10.9 Å². The highest BCUT2D eigenvalue weighted by Crippen LogP contribution is 2.29. The largest absolute Gasteiger partial charge is 0.251 e. The van der Waals surface area contributed by atoms with E-state index < -0.39 is 0 Å². The molecule has 14 heavy (non-hydrogen) atoms. The van der Waals surface area contributed by atoms with Gasteiger partial charge in [-0.25, -0.2) is 0 Å². The smallest absolute Gasteiger partial charge is 0.0899 e. The van der Waals surface area contributed by atoms with Crippen LogP contribution < -0.4 is 0 Å². The summed E-state index contributed by atoms with van der Waals surface area (Å²) in [4.78, 5) is 0. The van der Waals surface area contributed by atoms with Gasteiger partial charge in [-0.05, 0) is 29.9 Å². The third kappa shape index (κ3) is 3.41. The number of rotatable bonds is 4. The van der Waals surface area contributed by atoms with E-state index in [4.69, 9.17) is 0 Å².